The van der Waals surface area contributed by atoms with Gasteiger partial charge in [-0.15, -0.1) is 0 Å². The lowest BCUT2D eigenvalue weighted by Crippen LogP contribution is -2.27. The zero-order valence-electron chi connectivity index (χ0n) is 11.3. The van der Waals surface area contributed by atoms with Crippen molar-refractivity contribution in [3.8, 4) is 0 Å². The molecule has 0 aliphatic carbocycles. The van der Waals surface area contributed by atoms with Crippen molar-refractivity contribution >= 4 is 17.3 Å². The van der Waals surface area contributed by atoms with Gasteiger partial charge in [0.25, 0.3) is 0 Å². The number of nitrogens with two attached hydrogens (primary N) is 1. The van der Waals surface area contributed by atoms with Crippen LogP contribution in [0, 0.1) is 6.92 Å². The quantitative estimate of drug-likeness (QED) is 0.855. The summed E-state index contributed by atoms with van der Waals surface area (Å²) in [5, 5.41) is 0. The van der Waals surface area contributed by atoms with E-state index in [1.807, 2.05) is 55.5 Å². The molecule has 0 bridgehead atoms. The van der Waals surface area contributed by atoms with Gasteiger partial charge in [-0.25, -0.2) is 0 Å². The molecule has 0 fully saturated rings. The van der Waals surface area contributed by atoms with Crippen LogP contribution >= 0.6 is 0 Å². The maximum absolute atomic E-state index is 11.8. The fourth-order valence-corrected chi connectivity index (χ4v) is 1.95. The van der Waals surface area contributed by atoms with E-state index in [0.717, 1.165) is 11.3 Å². The Hall–Kier alpha value is -2.29. The van der Waals surface area contributed by atoms with E-state index in [9.17, 15) is 4.79 Å². The van der Waals surface area contributed by atoms with Crippen LogP contribution in [0.3, 0.4) is 0 Å². The van der Waals surface area contributed by atoms with Gasteiger partial charge in [0.2, 0.25) is 5.91 Å². The number of benzene rings is 2. The van der Waals surface area contributed by atoms with E-state index >= 15 is 0 Å². The largest absolute Gasteiger partial charge is 0.399 e. The van der Waals surface area contributed by atoms with Crippen LogP contribution in [0.4, 0.5) is 11.4 Å². The van der Waals surface area contributed by atoms with Crippen LogP contribution in [0.5, 0.6) is 0 Å². The molecule has 19 heavy (non-hydrogen) atoms. The van der Waals surface area contributed by atoms with Gasteiger partial charge in [-0.3, -0.25) is 4.79 Å². The molecule has 3 nitrogen and oxygen atoms in total. The third kappa shape index (κ3) is 3.35. The number of hydrogen-bond acceptors (Lipinski definition) is 2. The summed E-state index contributed by atoms with van der Waals surface area (Å²) < 4.78 is 0. The van der Waals surface area contributed by atoms with E-state index in [2.05, 4.69) is 0 Å². The number of carbonyl (C=O) groups is 1. The van der Waals surface area contributed by atoms with Crippen molar-refractivity contribution in [3.63, 3.8) is 0 Å². The van der Waals surface area contributed by atoms with Gasteiger partial charge < -0.3 is 10.6 Å². The van der Waals surface area contributed by atoms with Crippen molar-refractivity contribution in [2.24, 2.45) is 0 Å². The van der Waals surface area contributed by atoms with E-state index in [0.29, 0.717) is 12.2 Å². The average Bonchev–Trinajstić information content (AvgIpc) is 2.37. The third-order valence-electron chi connectivity index (χ3n) is 3.02. The van der Waals surface area contributed by atoms with Crippen LogP contribution in [0.1, 0.15) is 18.1 Å². The number of amides is 1. The molecule has 2 N–H and O–H groups in total. The van der Waals surface area contributed by atoms with Gasteiger partial charge in [0.1, 0.15) is 0 Å². The summed E-state index contributed by atoms with van der Waals surface area (Å²) in [5.41, 5.74) is 9.57. The first-order chi connectivity index (χ1) is 9.06. The van der Waals surface area contributed by atoms with Gasteiger partial charge in [-0.05, 0) is 30.7 Å². The van der Waals surface area contributed by atoms with E-state index in [1.165, 1.54) is 5.56 Å². The summed E-state index contributed by atoms with van der Waals surface area (Å²) in [4.78, 5) is 13.5. The van der Waals surface area contributed by atoms with E-state index in [1.54, 1.807) is 11.8 Å². The maximum atomic E-state index is 11.8. The highest BCUT2D eigenvalue weighted by atomic mass is 16.2. The SMILES string of the molecule is CC(=O)N(Cc1ccc(C)cc1)c1cccc(N)c1. The zero-order valence-corrected chi connectivity index (χ0v) is 11.3. The number of carbonyl (C=O) groups excluding carboxylic acids is 1. The lowest BCUT2D eigenvalue weighted by Gasteiger charge is -2.21. The fraction of sp³-hybridized carbons (Fsp3) is 0.188. The lowest BCUT2D eigenvalue weighted by molar-refractivity contribution is -0.116. The van der Waals surface area contributed by atoms with Crippen LogP contribution in [0.15, 0.2) is 48.5 Å². The van der Waals surface area contributed by atoms with Crippen molar-refractivity contribution < 1.29 is 4.79 Å². The minimum absolute atomic E-state index is 0.00572. The van der Waals surface area contributed by atoms with Crippen molar-refractivity contribution in [1.82, 2.24) is 0 Å². The topological polar surface area (TPSA) is 46.3 Å². The summed E-state index contributed by atoms with van der Waals surface area (Å²) in [6.45, 7) is 4.17. The van der Waals surface area contributed by atoms with Crippen molar-refractivity contribution in [1.29, 1.82) is 0 Å². The highest BCUT2D eigenvalue weighted by Crippen LogP contribution is 2.20. The highest BCUT2D eigenvalue weighted by molar-refractivity contribution is 5.91. The Bertz CT molecular complexity index is 576. The predicted octanol–water partition coefficient (Wildman–Crippen LogP) is 3.13. The molecule has 0 heterocycles. The van der Waals surface area contributed by atoms with Crippen molar-refractivity contribution in [2.75, 3.05) is 10.6 Å². The molecule has 2 rings (SSSR count). The first kappa shape index (κ1) is 13.1. The molecule has 2 aromatic rings. The van der Waals surface area contributed by atoms with Crippen LogP contribution in [0.25, 0.3) is 0 Å². The van der Waals surface area contributed by atoms with Crippen LogP contribution in [0.2, 0.25) is 0 Å². The molecule has 2 aromatic carbocycles. The number of nitrogens with zero attached hydrogens (tertiary/aromatic N) is 1. The number of anilines is 2. The molecule has 1 amide bonds. The molecule has 0 spiro atoms. The minimum Gasteiger partial charge on any atom is -0.399 e. The molecule has 0 aliphatic heterocycles. The summed E-state index contributed by atoms with van der Waals surface area (Å²) in [6, 6.07) is 15.6. The van der Waals surface area contributed by atoms with Gasteiger partial charge in [-0.1, -0.05) is 35.9 Å². The summed E-state index contributed by atoms with van der Waals surface area (Å²) >= 11 is 0. The predicted molar refractivity (Wildman–Crippen MR) is 78.9 cm³/mol. The van der Waals surface area contributed by atoms with E-state index in [4.69, 9.17) is 5.73 Å². The molecule has 0 saturated heterocycles. The Kier molecular flexibility index (Phi) is 3.85. The second-order valence-electron chi connectivity index (χ2n) is 4.69. The Morgan fingerprint density at radius 2 is 1.84 bits per heavy atom. The normalized spacial score (nSPS) is 10.2. The third-order valence-corrected chi connectivity index (χ3v) is 3.02. The van der Waals surface area contributed by atoms with E-state index in [-0.39, 0.29) is 5.91 Å². The molecular formula is C16H18N2O. The van der Waals surface area contributed by atoms with Gasteiger partial charge in [0, 0.05) is 18.3 Å². The Balaban J connectivity index is 2.26. The number of nitrogen functional groups attached to an aromatic ring is 1. The molecule has 0 aliphatic rings. The lowest BCUT2D eigenvalue weighted by atomic mass is 10.1. The number of aryl methyl sites for hydroxylation is 1. The fourth-order valence-electron chi connectivity index (χ4n) is 1.95. The molecule has 0 radical (unpaired) electrons. The van der Waals surface area contributed by atoms with Gasteiger partial charge in [0.15, 0.2) is 0 Å². The molecular weight excluding hydrogens is 236 g/mol. The van der Waals surface area contributed by atoms with Crippen LogP contribution in [-0.2, 0) is 11.3 Å². The smallest absolute Gasteiger partial charge is 0.224 e. The highest BCUT2D eigenvalue weighted by Gasteiger charge is 2.12. The first-order valence-corrected chi connectivity index (χ1v) is 6.25. The Labute approximate surface area is 113 Å². The second-order valence-corrected chi connectivity index (χ2v) is 4.69. The standard InChI is InChI=1S/C16H18N2O/c1-12-6-8-14(9-7-12)11-18(13(2)19)16-5-3-4-15(17)10-16/h3-10H,11,17H2,1-2H3. The van der Waals surface area contributed by atoms with Crippen molar-refractivity contribution in [3.05, 3.63) is 59.7 Å². The summed E-state index contributed by atoms with van der Waals surface area (Å²) in [5.74, 6) is 0.00572. The Morgan fingerprint density at radius 1 is 1.16 bits per heavy atom. The van der Waals surface area contributed by atoms with Crippen LogP contribution < -0.4 is 10.6 Å². The average molecular weight is 254 g/mol. The van der Waals surface area contributed by atoms with Gasteiger partial charge in [-0.2, -0.15) is 0 Å². The van der Waals surface area contributed by atoms with Gasteiger partial charge in [0.05, 0.1) is 6.54 Å². The molecule has 98 valence electrons. The minimum atomic E-state index is 0.00572. The number of hydrogen-bond donors (Lipinski definition) is 1. The Morgan fingerprint density at radius 3 is 2.42 bits per heavy atom. The maximum Gasteiger partial charge on any atom is 0.224 e. The summed E-state index contributed by atoms with van der Waals surface area (Å²) in [6.07, 6.45) is 0. The molecule has 3 heteroatoms. The molecule has 0 unspecified atom stereocenters. The summed E-state index contributed by atoms with van der Waals surface area (Å²) in [7, 11) is 0. The molecule has 0 saturated carbocycles. The van der Waals surface area contributed by atoms with Crippen LogP contribution in [-0.4, -0.2) is 5.91 Å². The van der Waals surface area contributed by atoms with E-state index < -0.39 is 0 Å². The molecule has 0 aromatic heterocycles. The monoisotopic (exact) mass is 254 g/mol. The zero-order chi connectivity index (χ0) is 13.8. The first-order valence-electron chi connectivity index (χ1n) is 6.25. The van der Waals surface area contributed by atoms with Gasteiger partial charge >= 0.3 is 0 Å². The molecule has 0 atom stereocenters. The number of rotatable bonds is 3. The van der Waals surface area contributed by atoms with Crippen molar-refractivity contribution in [2.45, 2.75) is 20.4 Å². The second kappa shape index (κ2) is 5.57.